The summed E-state index contributed by atoms with van der Waals surface area (Å²) in [7, 11) is 0. The van der Waals surface area contributed by atoms with Crippen LogP contribution in [-0.4, -0.2) is 33.4 Å². The van der Waals surface area contributed by atoms with Crippen molar-refractivity contribution in [1.29, 1.82) is 0 Å². The molecule has 3 aromatic rings. The van der Waals surface area contributed by atoms with Crippen molar-refractivity contribution in [3.05, 3.63) is 91.7 Å². The lowest BCUT2D eigenvalue weighted by Crippen LogP contribution is -2.17. The standard InChI is InChI=1S/C26H27N3OS3/c1-4-27-20(24-25(30)29(6-3)26(31)33-24)17-21-28(5-2)22(18-13-9-7-10-14-18)23(32-21)19-15-11-8-12-16-19/h7-17,30H,4-6H2,1-3H3/b21-17-,27-20?. The highest BCUT2D eigenvalue weighted by Crippen LogP contribution is 2.50. The third-order valence-corrected chi connectivity index (χ3v) is 8.00. The summed E-state index contributed by atoms with van der Waals surface area (Å²) in [5.41, 5.74) is 4.33. The van der Waals surface area contributed by atoms with Crippen molar-refractivity contribution in [2.45, 2.75) is 27.3 Å². The van der Waals surface area contributed by atoms with Gasteiger partial charge in [0, 0.05) is 24.5 Å². The molecule has 0 unspecified atom stereocenters. The Morgan fingerprint density at radius 1 is 0.970 bits per heavy atom. The number of benzene rings is 2. The molecule has 0 saturated heterocycles. The number of hydrogen-bond donors (Lipinski definition) is 1. The Morgan fingerprint density at radius 2 is 1.61 bits per heavy atom. The molecular formula is C26H27N3OS3. The third-order valence-electron chi connectivity index (χ3n) is 5.36. The highest BCUT2D eigenvalue weighted by molar-refractivity contribution is 8.12. The van der Waals surface area contributed by atoms with Gasteiger partial charge in [-0.05, 0) is 50.2 Å². The predicted molar refractivity (Wildman–Crippen MR) is 145 cm³/mol. The Balaban J connectivity index is 1.85. The van der Waals surface area contributed by atoms with Crippen LogP contribution >= 0.6 is 35.3 Å². The van der Waals surface area contributed by atoms with Gasteiger partial charge in [0.15, 0.2) is 3.95 Å². The number of thioether (sulfide) groups is 1. The van der Waals surface area contributed by atoms with Crippen molar-refractivity contribution in [2.75, 3.05) is 13.1 Å². The molecule has 1 N–H and O–H groups in total. The fourth-order valence-corrected chi connectivity index (χ4v) is 6.53. The van der Waals surface area contributed by atoms with Crippen molar-refractivity contribution in [2.24, 2.45) is 4.99 Å². The molecule has 0 radical (unpaired) electrons. The van der Waals surface area contributed by atoms with Gasteiger partial charge in [0.1, 0.15) is 4.88 Å². The first kappa shape index (κ1) is 23.5. The number of thiazole rings is 1. The summed E-state index contributed by atoms with van der Waals surface area (Å²) in [5, 5.41) is 11.9. The minimum absolute atomic E-state index is 0.196. The van der Waals surface area contributed by atoms with E-state index in [4.69, 9.17) is 17.2 Å². The Bertz CT molecular complexity index is 1270. The summed E-state index contributed by atoms with van der Waals surface area (Å²) in [6.07, 6.45) is 2.09. The van der Waals surface area contributed by atoms with Crippen LogP contribution < -0.4 is 0 Å². The van der Waals surface area contributed by atoms with Crippen molar-refractivity contribution in [3.63, 3.8) is 0 Å². The van der Waals surface area contributed by atoms with Gasteiger partial charge in [0.05, 0.1) is 16.4 Å². The van der Waals surface area contributed by atoms with E-state index >= 15 is 0 Å². The Kier molecular flexibility index (Phi) is 7.53. The molecule has 1 aliphatic heterocycles. The van der Waals surface area contributed by atoms with Gasteiger partial charge in [-0.15, -0.1) is 0 Å². The van der Waals surface area contributed by atoms with Gasteiger partial charge in [-0.3, -0.25) is 9.56 Å². The molecule has 7 heteroatoms. The lowest BCUT2D eigenvalue weighted by molar-refractivity contribution is 0.419. The Morgan fingerprint density at radius 3 is 2.15 bits per heavy atom. The van der Waals surface area contributed by atoms with Crippen LogP contribution in [0.15, 0.2) is 76.8 Å². The summed E-state index contributed by atoms with van der Waals surface area (Å²) in [5.74, 6) is 0.196. The van der Waals surface area contributed by atoms with Crippen molar-refractivity contribution in [1.82, 2.24) is 9.47 Å². The molecule has 0 bridgehead atoms. The zero-order chi connectivity index (χ0) is 23.4. The van der Waals surface area contributed by atoms with E-state index in [9.17, 15) is 5.11 Å². The number of allylic oxidation sites excluding steroid dienone is 1. The van der Waals surface area contributed by atoms with E-state index in [1.807, 2.05) is 26.0 Å². The fourth-order valence-electron chi connectivity index (χ4n) is 3.84. The first-order valence-electron chi connectivity index (χ1n) is 11.1. The maximum Gasteiger partial charge on any atom is 0.212 e. The molecule has 0 spiro atoms. The second-order valence-corrected chi connectivity index (χ2v) is 10.0. The average molecular weight is 494 g/mol. The first-order valence-corrected chi connectivity index (χ1v) is 13.1. The van der Waals surface area contributed by atoms with E-state index in [-0.39, 0.29) is 5.88 Å². The van der Waals surface area contributed by atoms with E-state index in [2.05, 4.69) is 66.4 Å². The minimum Gasteiger partial charge on any atom is -0.493 e. The van der Waals surface area contributed by atoms with Crippen LogP contribution in [0, 0.1) is 3.95 Å². The molecule has 2 aromatic carbocycles. The molecule has 170 valence electrons. The van der Waals surface area contributed by atoms with Crippen LogP contribution in [0.25, 0.3) is 10.6 Å². The normalized spacial score (nSPS) is 15.7. The van der Waals surface area contributed by atoms with E-state index in [1.165, 1.54) is 33.1 Å². The van der Waals surface area contributed by atoms with Crippen LogP contribution in [0.1, 0.15) is 36.8 Å². The van der Waals surface area contributed by atoms with Gasteiger partial charge in [-0.25, -0.2) is 0 Å². The molecule has 0 atom stereocenters. The summed E-state index contributed by atoms with van der Waals surface area (Å²) in [4.78, 5) is 9.02. The van der Waals surface area contributed by atoms with Crippen LogP contribution in [0.5, 0.6) is 5.88 Å². The molecule has 0 saturated carbocycles. The van der Waals surface area contributed by atoms with Gasteiger partial charge < -0.3 is 10.0 Å². The second kappa shape index (κ2) is 10.5. The van der Waals surface area contributed by atoms with Gasteiger partial charge in [-0.1, -0.05) is 83.8 Å². The fraction of sp³-hybridized carbons (Fsp3) is 0.231. The third kappa shape index (κ3) is 4.71. The van der Waals surface area contributed by atoms with Crippen LogP contribution in [0.4, 0.5) is 0 Å². The number of aromatic nitrogens is 1. The molecule has 4 rings (SSSR count). The topological polar surface area (TPSA) is 40.8 Å². The molecule has 4 nitrogen and oxygen atoms in total. The van der Waals surface area contributed by atoms with Gasteiger partial charge >= 0.3 is 0 Å². The van der Waals surface area contributed by atoms with Crippen LogP contribution in [0.2, 0.25) is 0 Å². The number of hydrogen-bond acceptors (Lipinski definition) is 6. The summed E-state index contributed by atoms with van der Waals surface area (Å²) < 4.78 is 2.41. The number of nitrogens with zero attached hydrogens (tertiary/aromatic N) is 3. The molecule has 1 aromatic heterocycles. The highest BCUT2D eigenvalue weighted by Gasteiger charge is 2.30. The largest absolute Gasteiger partial charge is 0.493 e. The second-order valence-electron chi connectivity index (χ2n) is 7.36. The van der Waals surface area contributed by atoms with Crippen molar-refractivity contribution >= 4 is 51.6 Å². The lowest BCUT2D eigenvalue weighted by Gasteiger charge is -2.22. The van der Waals surface area contributed by atoms with E-state index < -0.39 is 0 Å². The summed E-state index contributed by atoms with van der Waals surface area (Å²) in [6.45, 7) is 8.22. The number of aromatic hydroxyl groups is 1. The van der Waals surface area contributed by atoms with Gasteiger partial charge in [0.2, 0.25) is 5.88 Å². The number of aliphatic imine (C=N–C) groups is 1. The predicted octanol–water partition coefficient (Wildman–Crippen LogP) is 7.25. The van der Waals surface area contributed by atoms with Crippen molar-refractivity contribution < 1.29 is 5.11 Å². The highest BCUT2D eigenvalue weighted by atomic mass is 32.2. The zero-order valence-corrected chi connectivity index (χ0v) is 21.4. The smallest absolute Gasteiger partial charge is 0.212 e. The maximum absolute atomic E-state index is 10.8. The molecule has 0 fully saturated rings. The minimum atomic E-state index is 0.196. The maximum atomic E-state index is 10.8. The molecule has 1 aliphatic rings. The molecule has 0 aliphatic carbocycles. The van der Waals surface area contributed by atoms with Crippen molar-refractivity contribution in [3.8, 4) is 5.88 Å². The Hall–Kier alpha value is -2.61. The van der Waals surface area contributed by atoms with Crippen LogP contribution in [0.3, 0.4) is 0 Å². The molecular weight excluding hydrogens is 467 g/mol. The lowest BCUT2D eigenvalue weighted by atomic mass is 10.1. The van der Waals surface area contributed by atoms with Gasteiger partial charge in [-0.2, -0.15) is 0 Å². The van der Waals surface area contributed by atoms with E-state index in [0.717, 1.165) is 22.2 Å². The molecule has 0 amide bonds. The zero-order valence-electron chi connectivity index (χ0n) is 19.0. The first-order chi connectivity index (χ1) is 16.1. The summed E-state index contributed by atoms with van der Waals surface area (Å²) in [6, 6.07) is 21.0. The average Bonchev–Trinajstić information content (AvgIpc) is 3.35. The summed E-state index contributed by atoms with van der Waals surface area (Å²) >= 11 is 8.64. The molecule has 33 heavy (non-hydrogen) atoms. The van der Waals surface area contributed by atoms with Crippen LogP contribution in [-0.2, 0) is 6.54 Å². The van der Waals surface area contributed by atoms with E-state index in [1.54, 1.807) is 16.3 Å². The number of rotatable bonds is 7. The SMILES string of the molecule is CCN=C(/C=C1\SC(c2ccccc2)=C(c2ccccc2)N1CC)c1sc(=S)n(CC)c1O. The molecule has 2 heterocycles. The van der Waals surface area contributed by atoms with Gasteiger partial charge in [0.25, 0.3) is 0 Å². The monoisotopic (exact) mass is 493 g/mol. The Labute approximate surface area is 208 Å². The van der Waals surface area contributed by atoms with E-state index in [0.29, 0.717) is 17.0 Å². The quantitative estimate of drug-likeness (QED) is 0.278.